The lowest BCUT2D eigenvalue weighted by Gasteiger charge is -2.16. The summed E-state index contributed by atoms with van der Waals surface area (Å²) in [6.07, 6.45) is 0. The Balaban J connectivity index is 1.63. The van der Waals surface area contributed by atoms with Crippen molar-refractivity contribution in [1.82, 2.24) is 9.97 Å². The Morgan fingerprint density at radius 3 is 2.28 bits per heavy atom. The lowest BCUT2D eigenvalue weighted by Crippen LogP contribution is -2.16. The van der Waals surface area contributed by atoms with Crippen LogP contribution in [-0.4, -0.2) is 30.4 Å². The van der Waals surface area contributed by atoms with E-state index in [0.29, 0.717) is 22.5 Å². The zero-order valence-electron chi connectivity index (χ0n) is 18.9. The molecule has 1 aromatic heterocycles. The van der Waals surface area contributed by atoms with Gasteiger partial charge < -0.3 is 10.1 Å². The maximum atomic E-state index is 13.2. The van der Waals surface area contributed by atoms with Crippen molar-refractivity contribution in [3.8, 4) is 5.75 Å². The summed E-state index contributed by atoms with van der Waals surface area (Å²) in [5.74, 6) is 0.692. The van der Waals surface area contributed by atoms with Crippen LogP contribution in [0.15, 0.2) is 89.8 Å². The van der Waals surface area contributed by atoms with Gasteiger partial charge in [0.1, 0.15) is 5.75 Å². The summed E-state index contributed by atoms with van der Waals surface area (Å²) in [5, 5.41) is 16.1. The molecule has 0 spiro atoms. The highest BCUT2D eigenvalue weighted by atomic mass is 32.2. The molecule has 180 valence electrons. The number of nitro benzene ring substituents is 1. The summed E-state index contributed by atoms with van der Waals surface area (Å²) < 4.78 is 34.2. The molecule has 2 N–H and O–H groups in total. The van der Waals surface area contributed by atoms with Crippen molar-refractivity contribution in [2.24, 2.45) is 0 Å². The molecule has 11 heteroatoms. The van der Waals surface area contributed by atoms with Gasteiger partial charge >= 0.3 is 0 Å². The van der Waals surface area contributed by atoms with E-state index in [1.54, 1.807) is 37.4 Å². The Labute approximate surface area is 205 Å². The van der Waals surface area contributed by atoms with E-state index in [2.05, 4.69) is 20.0 Å². The van der Waals surface area contributed by atoms with Crippen LogP contribution < -0.4 is 14.8 Å². The summed E-state index contributed by atoms with van der Waals surface area (Å²) in [5.41, 5.74) is 1.30. The standard InChI is InChI=1S/C25H19N5O5S/c1-35-18-13-16-7-2-3-10-20(16)23(15-18)28-24-25(27-22-12-5-4-11-21(22)26-24)29-36(33,34)19-9-6-8-17(14-19)30(31)32/h2-15H,1H3,(H,26,28)(H,27,29). The van der Waals surface area contributed by atoms with Gasteiger partial charge in [0.25, 0.3) is 15.7 Å². The third-order valence-corrected chi connectivity index (χ3v) is 6.80. The van der Waals surface area contributed by atoms with Crippen molar-refractivity contribution < 1.29 is 18.1 Å². The highest BCUT2D eigenvalue weighted by molar-refractivity contribution is 7.92. The first-order valence-electron chi connectivity index (χ1n) is 10.7. The number of nitrogens with zero attached hydrogens (tertiary/aromatic N) is 3. The molecule has 0 bridgehead atoms. The van der Waals surface area contributed by atoms with Crippen molar-refractivity contribution in [2.45, 2.75) is 4.90 Å². The molecule has 1 heterocycles. The number of rotatable bonds is 7. The lowest BCUT2D eigenvalue weighted by molar-refractivity contribution is -0.385. The molecule has 0 aliphatic heterocycles. The molecule has 0 aliphatic rings. The normalized spacial score (nSPS) is 11.4. The van der Waals surface area contributed by atoms with E-state index in [4.69, 9.17) is 4.74 Å². The number of anilines is 3. The molecule has 36 heavy (non-hydrogen) atoms. The number of para-hydroxylation sites is 2. The molecule has 0 amide bonds. The molecular formula is C25H19N5O5S. The number of sulfonamides is 1. The van der Waals surface area contributed by atoms with Crippen LogP contribution in [0.25, 0.3) is 21.8 Å². The average Bonchev–Trinajstić information content (AvgIpc) is 2.88. The Kier molecular flexibility index (Phi) is 5.82. The van der Waals surface area contributed by atoms with Crippen molar-refractivity contribution in [3.05, 3.63) is 95.0 Å². The van der Waals surface area contributed by atoms with E-state index in [1.807, 2.05) is 30.3 Å². The molecule has 4 aromatic carbocycles. The molecule has 0 fully saturated rings. The van der Waals surface area contributed by atoms with Crippen LogP contribution in [0.5, 0.6) is 5.75 Å². The summed E-state index contributed by atoms with van der Waals surface area (Å²) >= 11 is 0. The number of hydrogen-bond acceptors (Lipinski definition) is 8. The average molecular weight is 502 g/mol. The van der Waals surface area contributed by atoms with Crippen LogP contribution in [0.2, 0.25) is 0 Å². The molecule has 0 radical (unpaired) electrons. The minimum absolute atomic E-state index is 0.0629. The third kappa shape index (κ3) is 4.46. The van der Waals surface area contributed by atoms with Gasteiger partial charge in [0.2, 0.25) is 0 Å². The Hall–Kier alpha value is -4.77. The molecule has 5 aromatic rings. The Morgan fingerprint density at radius 2 is 1.56 bits per heavy atom. The van der Waals surface area contributed by atoms with Gasteiger partial charge in [0.05, 0.1) is 33.6 Å². The maximum Gasteiger partial charge on any atom is 0.270 e. The first-order chi connectivity index (χ1) is 17.3. The second kappa shape index (κ2) is 9.12. The third-order valence-electron chi connectivity index (χ3n) is 5.46. The van der Waals surface area contributed by atoms with Crippen LogP contribution in [0.1, 0.15) is 0 Å². The second-order valence-corrected chi connectivity index (χ2v) is 9.47. The molecule has 0 atom stereocenters. The van der Waals surface area contributed by atoms with Gasteiger partial charge in [-0.25, -0.2) is 18.4 Å². The van der Waals surface area contributed by atoms with Gasteiger partial charge in [-0.15, -0.1) is 0 Å². The number of benzene rings is 4. The monoisotopic (exact) mass is 501 g/mol. The largest absolute Gasteiger partial charge is 0.497 e. The number of ether oxygens (including phenoxy) is 1. The van der Waals surface area contributed by atoms with Crippen LogP contribution in [0, 0.1) is 10.1 Å². The van der Waals surface area contributed by atoms with Gasteiger partial charge in [-0.1, -0.05) is 42.5 Å². The fraction of sp³-hybridized carbons (Fsp3) is 0.0400. The number of nitro groups is 1. The number of hydrogen-bond donors (Lipinski definition) is 2. The van der Waals surface area contributed by atoms with E-state index >= 15 is 0 Å². The predicted molar refractivity (Wildman–Crippen MR) is 137 cm³/mol. The van der Waals surface area contributed by atoms with Gasteiger partial charge in [0.15, 0.2) is 11.6 Å². The highest BCUT2D eigenvalue weighted by Gasteiger charge is 2.21. The number of fused-ring (bicyclic) bond motifs is 2. The molecule has 10 nitrogen and oxygen atoms in total. The molecule has 0 saturated heterocycles. The number of non-ortho nitro benzene ring substituents is 1. The summed E-state index contributed by atoms with van der Waals surface area (Å²) in [6.45, 7) is 0. The maximum absolute atomic E-state index is 13.2. The lowest BCUT2D eigenvalue weighted by atomic mass is 10.1. The first kappa shape index (κ1) is 23.0. The predicted octanol–water partition coefficient (Wildman–Crippen LogP) is 5.24. The van der Waals surface area contributed by atoms with Crippen molar-refractivity contribution in [2.75, 3.05) is 17.1 Å². The van der Waals surface area contributed by atoms with E-state index in [-0.39, 0.29) is 22.2 Å². The first-order valence-corrected chi connectivity index (χ1v) is 12.2. The van der Waals surface area contributed by atoms with Gasteiger partial charge in [-0.3, -0.25) is 14.8 Å². The summed E-state index contributed by atoms with van der Waals surface area (Å²) in [6, 6.07) is 23.1. The van der Waals surface area contributed by atoms with Crippen LogP contribution in [-0.2, 0) is 10.0 Å². The van der Waals surface area contributed by atoms with Crippen molar-refractivity contribution in [3.63, 3.8) is 0 Å². The quantitative estimate of drug-likeness (QED) is 0.228. The molecule has 5 rings (SSSR count). The SMILES string of the molecule is COc1cc(Nc2nc3ccccc3nc2NS(=O)(=O)c2cccc([N+](=O)[O-])c2)c2ccccc2c1. The van der Waals surface area contributed by atoms with E-state index in [1.165, 1.54) is 18.2 Å². The van der Waals surface area contributed by atoms with Crippen molar-refractivity contribution in [1.29, 1.82) is 0 Å². The number of nitrogens with one attached hydrogen (secondary N) is 2. The van der Waals surface area contributed by atoms with Gasteiger partial charge in [-0.05, 0) is 29.7 Å². The van der Waals surface area contributed by atoms with Crippen LogP contribution >= 0.6 is 0 Å². The van der Waals surface area contributed by atoms with Crippen molar-refractivity contribution >= 4 is 54.8 Å². The Bertz CT molecular complexity index is 1740. The zero-order valence-corrected chi connectivity index (χ0v) is 19.7. The molecule has 0 saturated carbocycles. The highest BCUT2D eigenvalue weighted by Crippen LogP contribution is 2.34. The minimum atomic E-state index is -4.23. The van der Waals surface area contributed by atoms with E-state index in [9.17, 15) is 18.5 Å². The van der Waals surface area contributed by atoms with Gasteiger partial charge in [0, 0.05) is 23.6 Å². The number of methoxy groups -OCH3 is 1. The minimum Gasteiger partial charge on any atom is -0.497 e. The molecular weight excluding hydrogens is 482 g/mol. The molecule has 0 unspecified atom stereocenters. The van der Waals surface area contributed by atoms with E-state index < -0.39 is 14.9 Å². The smallest absolute Gasteiger partial charge is 0.270 e. The fourth-order valence-electron chi connectivity index (χ4n) is 3.74. The summed E-state index contributed by atoms with van der Waals surface area (Å²) in [4.78, 5) is 19.3. The van der Waals surface area contributed by atoms with Gasteiger partial charge in [-0.2, -0.15) is 0 Å². The Morgan fingerprint density at radius 1 is 0.861 bits per heavy atom. The zero-order chi connectivity index (χ0) is 25.3. The van der Waals surface area contributed by atoms with Crippen LogP contribution in [0.3, 0.4) is 0 Å². The molecule has 0 aliphatic carbocycles. The fourth-order valence-corrected chi connectivity index (χ4v) is 4.79. The van der Waals surface area contributed by atoms with Crippen LogP contribution in [0.4, 0.5) is 23.0 Å². The summed E-state index contributed by atoms with van der Waals surface area (Å²) in [7, 11) is -2.67. The van der Waals surface area contributed by atoms with E-state index in [0.717, 1.165) is 16.8 Å². The number of aromatic nitrogens is 2. The second-order valence-electron chi connectivity index (χ2n) is 7.79. The topological polar surface area (TPSA) is 136 Å².